The zero-order valence-corrected chi connectivity index (χ0v) is 12.9. The summed E-state index contributed by atoms with van der Waals surface area (Å²) in [6, 6.07) is 7.61. The van der Waals surface area contributed by atoms with E-state index in [9.17, 15) is 5.11 Å². The Bertz CT molecular complexity index is 491. The number of aliphatic hydroxyl groups is 1. The molecule has 22 heavy (non-hydrogen) atoms. The summed E-state index contributed by atoms with van der Waals surface area (Å²) < 4.78 is 12.0. The van der Waals surface area contributed by atoms with Crippen molar-refractivity contribution in [1.29, 1.82) is 0 Å². The summed E-state index contributed by atoms with van der Waals surface area (Å²) in [6.07, 6.45) is 1.03. The minimum atomic E-state index is -0.770. The number of piperazine rings is 1. The quantitative estimate of drug-likeness (QED) is 0.805. The number of benzene rings is 1. The molecule has 1 atom stereocenters. The van der Waals surface area contributed by atoms with Crippen LogP contribution in [-0.2, 0) is 0 Å². The molecule has 1 fully saturated rings. The van der Waals surface area contributed by atoms with Gasteiger partial charge >= 0.3 is 0 Å². The van der Waals surface area contributed by atoms with Gasteiger partial charge in [-0.1, -0.05) is 12.1 Å². The lowest BCUT2D eigenvalue weighted by Gasteiger charge is -2.47. The van der Waals surface area contributed by atoms with Gasteiger partial charge in [0.1, 0.15) is 13.2 Å². The maximum Gasteiger partial charge on any atom is 0.220 e. The zero-order valence-electron chi connectivity index (χ0n) is 12.9. The van der Waals surface area contributed by atoms with Crippen molar-refractivity contribution in [2.45, 2.75) is 12.1 Å². The first-order valence-electron chi connectivity index (χ1n) is 7.96. The number of rotatable bonds is 5. The molecule has 1 saturated heterocycles. The number of nitrogens with zero attached hydrogens (tertiary/aromatic N) is 2. The first kappa shape index (κ1) is 15.6. The number of hydrogen-bond acceptors (Lipinski definition) is 6. The van der Waals surface area contributed by atoms with Crippen LogP contribution in [0, 0.1) is 0 Å². The van der Waals surface area contributed by atoms with Crippen molar-refractivity contribution in [3.8, 4) is 11.5 Å². The average molecular weight is 307 g/mol. The molecule has 0 aliphatic carbocycles. The van der Waals surface area contributed by atoms with E-state index in [1.165, 1.54) is 0 Å². The Morgan fingerprint density at radius 2 is 1.86 bits per heavy atom. The predicted molar refractivity (Wildman–Crippen MR) is 84.1 cm³/mol. The lowest BCUT2D eigenvalue weighted by Crippen LogP contribution is -2.65. The summed E-state index contributed by atoms with van der Waals surface area (Å²) in [5, 5.41) is 9.95. The van der Waals surface area contributed by atoms with Gasteiger partial charge in [-0.05, 0) is 31.6 Å². The standard InChI is InChI=1S/C16H25N3O3/c17-6-3-7-18-8-10-19(11-9-18)16(12-20)13-21-14-4-1-2-5-15(14)22-16/h1-2,4-5,20H,3,6-13,17H2. The highest BCUT2D eigenvalue weighted by atomic mass is 16.6. The minimum Gasteiger partial charge on any atom is -0.484 e. The van der Waals surface area contributed by atoms with Gasteiger partial charge in [0.2, 0.25) is 5.72 Å². The van der Waals surface area contributed by atoms with Crippen LogP contribution in [0.25, 0.3) is 0 Å². The third kappa shape index (κ3) is 3.05. The van der Waals surface area contributed by atoms with Crippen molar-refractivity contribution < 1.29 is 14.6 Å². The molecule has 3 rings (SSSR count). The summed E-state index contributed by atoms with van der Waals surface area (Å²) in [5.41, 5.74) is 4.80. The molecule has 0 aromatic heterocycles. The molecule has 0 amide bonds. The van der Waals surface area contributed by atoms with Crippen LogP contribution in [0.3, 0.4) is 0 Å². The van der Waals surface area contributed by atoms with Crippen LogP contribution in [0.1, 0.15) is 6.42 Å². The highest BCUT2D eigenvalue weighted by Gasteiger charge is 2.44. The minimum absolute atomic E-state index is 0.0792. The lowest BCUT2D eigenvalue weighted by molar-refractivity contribution is -0.163. The van der Waals surface area contributed by atoms with Crippen molar-refractivity contribution in [2.24, 2.45) is 5.73 Å². The first-order chi connectivity index (χ1) is 10.8. The van der Waals surface area contributed by atoms with Gasteiger partial charge in [-0.25, -0.2) is 0 Å². The fraction of sp³-hybridized carbons (Fsp3) is 0.625. The second-order valence-corrected chi connectivity index (χ2v) is 5.91. The van der Waals surface area contributed by atoms with Gasteiger partial charge in [0.25, 0.3) is 0 Å². The molecule has 1 aromatic carbocycles. The molecule has 1 aromatic rings. The molecule has 2 heterocycles. The van der Waals surface area contributed by atoms with Crippen molar-refractivity contribution in [2.75, 3.05) is 52.5 Å². The Kier molecular flexibility index (Phi) is 4.83. The van der Waals surface area contributed by atoms with E-state index in [0.29, 0.717) is 12.4 Å². The average Bonchev–Trinajstić information content (AvgIpc) is 2.60. The third-order valence-electron chi connectivity index (χ3n) is 4.48. The molecular weight excluding hydrogens is 282 g/mol. The van der Waals surface area contributed by atoms with Gasteiger partial charge in [-0.3, -0.25) is 4.90 Å². The maximum absolute atomic E-state index is 9.95. The smallest absolute Gasteiger partial charge is 0.220 e. The molecule has 0 saturated carbocycles. The van der Waals surface area contributed by atoms with Gasteiger partial charge in [0.15, 0.2) is 11.5 Å². The molecule has 2 aliphatic heterocycles. The summed E-state index contributed by atoms with van der Waals surface area (Å²) in [6.45, 7) is 5.69. The van der Waals surface area contributed by atoms with E-state index >= 15 is 0 Å². The van der Waals surface area contributed by atoms with Gasteiger partial charge < -0.3 is 25.2 Å². The Hall–Kier alpha value is -1.34. The topological polar surface area (TPSA) is 71.2 Å². The van der Waals surface area contributed by atoms with E-state index in [1.54, 1.807) is 0 Å². The highest BCUT2D eigenvalue weighted by Crippen LogP contribution is 2.36. The van der Waals surface area contributed by atoms with Crippen LogP contribution < -0.4 is 15.2 Å². The van der Waals surface area contributed by atoms with Crippen molar-refractivity contribution >= 4 is 0 Å². The predicted octanol–water partition coefficient (Wildman–Crippen LogP) is 0.113. The number of ether oxygens (including phenoxy) is 2. The number of fused-ring (bicyclic) bond motifs is 1. The molecule has 2 aliphatic rings. The molecule has 1 unspecified atom stereocenters. The maximum atomic E-state index is 9.95. The number of hydrogen-bond donors (Lipinski definition) is 2. The SMILES string of the molecule is NCCCN1CCN(C2(CO)COc3ccccc3O2)CC1. The van der Waals surface area contributed by atoms with Crippen molar-refractivity contribution in [3.05, 3.63) is 24.3 Å². The van der Waals surface area contributed by atoms with Crippen molar-refractivity contribution in [1.82, 2.24) is 9.80 Å². The molecule has 122 valence electrons. The monoisotopic (exact) mass is 307 g/mol. The molecule has 6 nitrogen and oxygen atoms in total. The van der Waals surface area contributed by atoms with Crippen molar-refractivity contribution in [3.63, 3.8) is 0 Å². The lowest BCUT2D eigenvalue weighted by atomic mass is 10.1. The Morgan fingerprint density at radius 1 is 1.14 bits per heavy atom. The van der Waals surface area contributed by atoms with E-state index in [2.05, 4.69) is 9.80 Å². The second-order valence-electron chi connectivity index (χ2n) is 5.91. The Morgan fingerprint density at radius 3 is 2.55 bits per heavy atom. The van der Waals surface area contributed by atoms with E-state index < -0.39 is 5.72 Å². The molecule has 0 spiro atoms. The molecule has 0 bridgehead atoms. The van der Waals surface area contributed by atoms with E-state index in [0.717, 1.165) is 51.4 Å². The number of aliphatic hydroxyl groups excluding tert-OH is 1. The fourth-order valence-electron chi connectivity index (χ4n) is 3.11. The van der Waals surface area contributed by atoms with Crippen LogP contribution in [0.4, 0.5) is 0 Å². The second kappa shape index (κ2) is 6.83. The summed E-state index contributed by atoms with van der Waals surface area (Å²) in [7, 11) is 0. The van der Waals surface area contributed by atoms with E-state index in [4.69, 9.17) is 15.2 Å². The first-order valence-corrected chi connectivity index (χ1v) is 7.96. The van der Waals surface area contributed by atoms with Crippen LogP contribution in [0.5, 0.6) is 11.5 Å². The van der Waals surface area contributed by atoms with Gasteiger partial charge in [0.05, 0.1) is 0 Å². The van der Waals surface area contributed by atoms with Crippen LogP contribution in [0.2, 0.25) is 0 Å². The summed E-state index contributed by atoms with van der Waals surface area (Å²) >= 11 is 0. The zero-order chi connectivity index (χ0) is 15.4. The largest absolute Gasteiger partial charge is 0.484 e. The van der Waals surface area contributed by atoms with Gasteiger partial charge in [0, 0.05) is 26.2 Å². The highest BCUT2D eigenvalue weighted by molar-refractivity contribution is 5.41. The van der Waals surface area contributed by atoms with E-state index in [-0.39, 0.29) is 6.61 Å². The fourth-order valence-corrected chi connectivity index (χ4v) is 3.11. The number of para-hydroxylation sites is 2. The molecule has 3 N–H and O–H groups in total. The molecular formula is C16H25N3O3. The summed E-state index contributed by atoms with van der Waals surface area (Å²) in [4.78, 5) is 4.61. The molecule has 0 radical (unpaired) electrons. The van der Waals surface area contributed by atoms with Gasteiger partial charge in [-0.2, -0.15) is 0 Å². The molecule has 6 heteroatoms. The van der Waals surface area contributed by atoms with Crippen LogP contribution in [-0.4, -0.2) is 73.1 Å². The third-order valence-corrected chi connectivity index (χ3v) is 4.48. The Labute approximate surface area is 131 Å². The van der Waals surface area contributed by atoms with E-state index in [1.807, 2.05) is 24.3 Å². The number of nitrogens with two attached hydrogens (primary N) is 1. The summed E-state index contributed by atoms with van der Waals surface area (Å²) in [5.74, 6) is 1.45. The van der Waals surface area contributed by atoms with Gasteiger partial charge in [-0.15, -0.1) is 0 Å². The Balaban J connectivity index is 1.65. The van der Waals surface area contributed by atoms with Crippen LogP contribution in [0.15, 0.2) is 24.3 Å². The normalized spacial score (nSPS) is 26.1. The van der Waals surface area contributed by atoms with Crippen LogP contribution >= 0.6 is 0 Å².